The Bertz CT molecular complexity index is 2140. The number of ether oxygens (including phenoxy) is 4. The average Bonchev–Trinajstić information content (AvgIpc) is 3.63. The third-order valence-electron chi connectivity index (χ3n) is 7.81. The zero-order valence-corrected chi connectivity index (χ0v) is 31.3. The number of carbonyl (C=O) groups is 1. The fraction of sp³-hybridized carbons (Fsp3) is 0.146. The number of anilines is 2. The van der Waals surface area contributed by atoms with Crippen LogP contribution >= 0.6 is 27.3 Å². The molecule has 0 saturated heterocycles. The van der Waals surface area contributed by atoms with E-state index in [0.717, 1.165) is 33.2 Å². The maximum absolute atomic E-state index is 12.9. The van der Waals surface area contributed by atoms with Crippen LogP contribution in [0, 0.1) is 6.92 Å². The molecule has 0 aliphatic rings. The Kier molecular flexibility index (Phi) is 12.2. The van der Waals surface area contributed by atoms with Crippen LogP contribution < -0.4 is 29.7 Å². The fourth-order valence-electron chi connectivity index (χ4n) is 5.12. The van der Waals surface area contributed by atoms with Gasteiger partial charge in [-0.3, -0.25) is 4.79 Å². The number of halogens is 1. The van der Waals surface area contributed by atoms with Crippen LogP contribution in [-0.2, 0) is 13.2 Å². The molecule has 0 radical (unpaired) electrons. The highest BCUT2D eigenvalue weighted by Crippen LogP contribution is 2.38. The zero-order chi connectivity index (χ0) is 36.3. The number of thiazole rings is 1. The number of methoxy groups -OCH3 is 1. The van der Waals surface area contributed by atoms with Crippen molar-refractivity contribution in [1.29, 1.82) is 0 Å². The summed E-state index contributed by atoms with van der Waals surface area (Å²) in [6, 6.07) is 34.7. The molecule has 0 bridgehead atoms. The van der Waals surface area contributed by atoms with Crippen molar-refractivity contribution in [3.05, 3.63) is 147 Å². The molecule has 5 aromatic carbocycles. The standard InChI is InChI=1S/C41H37BrN4O5S/c1-4-49-38-22-30(20-34(42)39(38)51-25-29-12-19-36(37(21-29)48-3)50-24-28-8-6-5-7-9-28)23-43-46-40(47)32-15-13-31(14-16-32)35-26-52-41(45-35)44-33-17-10-27(2)11-18-33/h5-23,26H,4,24-25H2,1-3H3,(H,44,45)(H,46,47)/b43-23+. The van der Waals surface area contributed by atoms with E-state index in [1.807, 2.05) is 97.2 Å². The number of nitrogens with zero attached hydrogens (tertiary/aromatic N) is 2. The highest BCUT2D eigenvalue weighted by molar-refractivity contribution is 9.10. The maximum atomic E-state index is 12.9. The molecule has 0 unspecified atom stereocenters. The zero-order valence-electron chi connectivity index (χ0n) is 28.9. The second-order valence-electron chi connectivity index (χ2n) is 11.6. The Balaban J connectivity index is 1.05. The Morgan fingerprint density at radius 3 is 2.37 bits per heavy atom. The van der Waals surface area contributed by atoms with E-state index in [1.54, 1.807) is 25.5 Å². The lowest BCUT2D eigenvalue weighted by atomic mass is 10.1. The summed E-state index contributed by atoms with van der Waals surface area (Å²) in [4.78, 5) is 17.6. The second kappa shape index (κ2) is 17.5. The summed E-state index contributed by atoms with van der Waals surface area (Å²) >= 11 is 5.14. The van der Waals surface area contributed by atoms with Crippen molar-refractivity contribution >= 4 is 50.2 Å². The number of rotatable bonds is 15. The Labute approximate surface area is 315 Å². The van der Waals surface area contributed by atoms with Crippen LogP contribution in [0.4, 0.5) is 10.8 Å². The molecule has 0 saturated carbocycles. The van der Waals surface area contributed by atoms with E-state index < -0.39 is 0 Å². The molecule has 1 amide bonds. The Morgan fingerprint density at radius 2 is 1.62 bits per heavy atom. The number of hydrazone groups is 1. The van der Waals surface area contributed by atoms with E-state index in [1.165, 1.54) is 16.9 Å². The van der Waals surface area contributed by atoms with Crippen molar-refractivity contribution in [3.8, 4) is 34.3 Å². The number of benzene rings is 5. The maximum Gasteiger partial charge on any atom is 0.271 e. The van der Waals surface area contributed by atoms with Gasteiger partial charge in [-0.15, -0.1) is 11.3 Å². The van der Waals surface area contributed by atoms with E-state index in [0.29, 0.717) is 51.8 Å². The lowest BCUT2D eigenvalue weighted by Crippen LogP contribution is -2.17. The van der Waals surface area contributed by atoms with Gasteiger partial charge in [-0.1, -0.05) is 66.2 Å². The quantitative estimate of drug-likeness (QED) is 0.0791. The van der Waals surface area contributed by atoms with Crippen LogP contribution in [0.2, 0.25) is 0 Å². The second-order valence-corrected chi connectivity index (χ2v) is 13.3. The largest absolute Gasteiger partial charge is 0.493 e. The summed E-state index contributed by atoms with van der Waals surface area (Å²) < 4.78 is 24.4. The van der Waals surface area contributed by atoms with E-state index in [4.69, 9.17) is 23.9 Å². The minimum atomic E-state index is -0.334. The van der Waals surface area contributed by atoms with Crippen molar-refractivity contribution in [2.45, 2.75) is 27.1 Å². The molecule has 6 rings (SSSR count). The molecule has 1 aromatic heterocycles. The first-order valence-electron chi connectivity index (χ1n) is 16.5. The van der Waals surface area contributed by atoms with Crippen LogP contribution in [0.3, 0.4) is 0 Å². The van der Waals surface area contributed by atoms with Crippen LogP contribution in [0.5, 0.6) is 23.0 Å². The monoisotopic (exact) mass is 776 g/mol. The number of aromatic nitrogens is 1. The summed E-state index contributed by atoms with van der Waals surface area (Å²) in [6.45, 7) is 5.10. The normalized spacial score (nSPS) is 10.9. The lowest BCUT2D eigenvalue weighted by molar-refractivity contribution is 0.0955. The minimum absolute atomic E-state index is 0.268. The molecule has 264 valence electrons. The van der Waals surface area contributed by atoms with Crippen molar-refractivity contribution in [1.82, 2.24) is 10.4 Å². The van der Waals surface area contributed by atoms with Gasteiger partial charge < -0.3 is 24.3 Å². The molecule has 0 spiro atoms. The van der Waals surface area contributed by atoms with Crippen molar-refractivity contribution < 1.29 is 23.7 Å². The van der Waals surface area contributed by atoms with Crippen LogP contribution in [0.15, 0.2) is 124 Å². The Hall–Kier alpha value is -5.65. The molecule has 11 heteroatoms. The number of nitrogens with one attached hydrogen (secondary N) is 2. The van der Waals surface area contributed by atoms with E-state index in [2.05, 4.69) is 50.8 Å². The van der Waals surface area contributed by atoms with Gasteiger partial charge in [-0.25, -0.2) is 10.4 Å². The highest BCUT2D eigenvalue weighted by Gasteiger charge is 2.14. The van der Waals surface area contributed by atoms with Gasteiger partial charge in [0.05, 0.1) is 30.1 Å². The van der Waals surface area contributed by atoms with E-state index in [-0.39, 0.29) is 12.5 Å². The molecular formula is C41H37BrN4O5S. The van der Waals surface area contributed by atoms with Gasteiger partial charge >= 0.3 is 0 Å². The van der Waals surface area contributed by atoms with Crippen molar-refractivity contribution in [2.24, 2.45) is 5.10 Å². The van der Waals surface area contributed by atoms with Crippen LogP contribution in [0.25, 0.3) is 11.3 Å². The number of aryl methyl sites for hydroxylation is 1. The first kappa shape index (κ1) is 36.2. The molecule has 0 aliphatic heterocycles. The average molecular weight is 778 g/mol. The summed E-state index contributed by atoms with van der Waals surface area (Å²) in [7, 11) is 1.61. The molecule has 0 aliphatic carbocycles. The predicted octanol–water partition coefficient (Wildman–Crippen LogP) is 9.95. The van der Waals surface area contributed by atoms with E-state index in [9.17, 15) is 4.79 Å². The third kappa shape index (κ3) is 9.56. The number of hydrogen-bond donors (Lipinski definition) is 2. The molecule has 0 fully saturated rings. The first-order chi connectivity index (χ1) is 25.4. The number of carbonyl (C=O) groups excluding carboxylic acids is 1. The summed E-state index contributed by atoms with van der Waals surface area (Å²) in [5.41, 5.74) is 9.67. The molecule has 0 atom stereocenters. The third-order valence-corrected chi connectivity index (χ3v) is 9.16. The van der Waals surface area contributed by atoms with Crippen molar-refractivity contribution in [3.63, 3.8) is 0 Å². The first-order valence-corrected chi connectivity index (χ1v) is 18.2. The predicted molar refractivity (Wildman–Crippen MR) is 210 cm³/mol. The Morgan fingerprint density at radius 1 is 0.846 bits per heavy atom. The van der Waals surface area contributed by atoms with Crippen LogP contribution in [0.1, 0.15) is 39.5 Å². The van der Waals surface area contributed by atoms with Gasteiger partial charge in [-0.05, 0) is 95.0 Å². The molecular weight excluding hydrogens is 740 g/mol. The number of hydrogen-bond acceptors (Lipinski definition) is 9. The molecule has 1 heterocycles. The highest BCUT2D eigenvalue weighted by atomic mass is 79.9. The van der Waals surface area contributed by atoms with Gasteiger partial charge in [0.2, 0.25) is 0 Å². The smallest absolute Gasteiger partial charge is 0.271 e. The molecule has 52 heavy (non-hydrogen) atoms. The van der Waals surface area contributed by atoms with Gasteiger partial charge in [-0.2, -0.15) is 5.10 Å². The summed E-state index contributed by atoms with van der Waals surface area (Å²) in [5.74, 6) is 2.01. The van der Waals surface area contributed by atoms with E-state index >= 15 is 0 Å². The van der Waals surface area contributed by atoms with Crippen LogP contribution in [-0.4, -0.2) is 30.8 Å². The molecule has 2 N–H and O–H groups in total. The fourth-order valence-corrected chi connectivity index (χ4v) is 6.44. The lowest BCUT2D eigenvalue weighted by Gasteiger charge is -2.16. The molecule has 6 aromatic rings. The van der Waals surface area contributed by atoms with Gasteiger partial charge in [0.25, 0.3) is 5.91 Å². The summed E-state index contributed by atoms with van der Waals surface area (Å²) in [6.07, 6.45) is 1.56. The van der Waals surface area contributed by atoms with Crippen molar-refractivity contribution in [2.75, 3.05) is 19.0 Å². The van der Waals surface area contributed by atoms with Gasteiger partial charge in [0, 0.05) is 22.2 Å². The SMILES string of the molecule is CCOc1cc(/C=N/NC(=O)c2ccc(-c3csc(Nc4ccc(C)cc4)n3)cc2)cc(Br)c1OCc1ccc(OCc2ccccc2)c(OC)c1. The topological polar surface area (TPSA) is 103 Å². The summed E-state index contributed by atoms with van der Waals surface area (Å²) in [5, 5.41) is 10.3. The van der Waals surface area contributed by atoms with Gasteiger partial charge in [0.15, 0.2) is 28.1 Å². The van der Waals surface area contributed by atoms with Gasteiger partial charge in [0.1, 0.15) is 13.2 Å². The minimum Gasteiger partial charge on any atom is -0.493 e. The molecule has 9 nitrogen and oxygen atoms in total. The number of amides is 1.